The number of ether oxygens (including phenoxy) is 1. The molecule has 0 aliphatic carbocycles. The highest BCUT2D eigenvalue weighted by atomic mass is 79.9. The molecule has 1 aliphatic rings. The van der Waals surface area contributed by atoms with Gasteiger partial charge >= 0.3 is 0 Å². The Labute approximate surface area is 201 Å². The van der Waals surface area contributed by atoms with Gasteiger partial charge in [0.2, 0.25) is 0 Å². The molecule has 3 aromatic carbocycles. The van der Waals surface area contributed by atoms with Crippen molar-refractivity contribution in [3.63, 3.8) is 0 Å². The van der Waals surface area contributed by atoms with Crippen LogP contribution in [0.2, 0.25) is 0 Å². The highest BCUT2D eigenvalue weighted by molar-refractivity contribution is 9.10. The Morgan fingerprint density at radius 3 is 2.40 bits per heavy atom. The molecule has 0 saturated carbocycles. The summed E-state index contributed by atoms with van der Waals surface area (Å²) in [5.74, 6) is 0.570. The van der Waals surface area contributed by atoms with Crippen LogP contribution in [-0.4, -0.2) is 10.2 Å². The van der Waals surface area contributed by atoms with Crippen molar-refractivity contribution in [1.82, 2.24) is 0 Å². The second-order valence-corrected chi connectivity index (χ2v) is 9.96. The Balaban J connectivity index is 1.60. The molecule has 1 fully saturated rings. The Bertz CT molecular complexity index is 1130. The van der Waals surface area contributed by atoms with Gasteiger partial charge < -0.3 is 4.74 Å². The SMILES string of the molecule is O=C1/C(=C\c2cc(Br)ccc2OCc2ccc(Br)cc2)SC(=S)N1c1ccccc1. The minimum atomic E-state index is -0.130. The molecule has 1 saturated heterocycles. The standard InChI is InChI=1S/C23H15Br2NO2S2/c24-17-8-6-15(7-9-17)14-28-20-11-10-18(25)12-16(20)13-21-22(27)26(23(29)30-21)19-4-2-1-3-5-19/h1-13H,14H2/b21-13+. The molecule has 0 aromatic heterocycles. The molecule has 30 heavy (non-hydrogen) atoms. The molecule has 7 heteroatoms. The monoisotopic (exact) mass is 559 g/mol. The van der Waals surface area contributed by atoms with Crippen molar-refractivity contribution in [3.05, 3.63) is 97.8 Å². The van der Waals surface area contributed by atoms with Gasteiger partial charge in [0.05, 0.1) is 10.6 Å². The number of carbonyl (C=O) groups excluding carboxylic acids is 1. The molecular formula is C23H15Br2NO2S2. The third kappa shape index (κ3) is 4.86. The molecule has 0 N–H and O–H groups in total. The molecule has 3 nitrogen and oxygen atoms in total. The molecule has 0 spiro atoms. The van der Waals surface area contributed by atoms with E-state index in [-0.39, 0.29) is 5.91 Å². The number of hydrogen-bond acceptors (Lipinski definition) is 4. The molecule has 0 unspecified atom stereocenters. The van der Waals surface area contributed by atoms with Crippen LogP contribution < -0.4 is 9.64 Å². The van der Waals surface area contributed by atoms with Crippen LogP contribution in [0.4, 0.5) is 5.69 Å². The number of halogens is 2. The fourth-order valence-corrected chi connectivity index (χ4v) is 4.85. The van der Waals surface area contributed by atoms with Gasteiger partial charge in [-0.1, -0.05) is 86.2 Å². The number of carbonyl (C=O) groups is 1. The smallest absolute Gasteiger partial charge is 0.270 e. The first kappa shape index (κ1) is 21.3. The average molecular weight is 561 g/mol. The molecule has 1 heterocycles. The number of thioether (sulfide) groups is 1. The van der Waals surface area contributed by atoms with E-state index in [9.17, 15) is 4.79 Å². The zero-order valence-corrected chi connectivity index (χ0v) is 20.4. The summed E-state index contributed by atoms with van der Waals surface area (Å²) < 4.78 is 8.50. The first-order chi connectivity index (χ1) is 14.5. The van der Waals surface area contributed by atoms with Gasteiger partial charge in [0.15, 0.2) is 4.32 Å². The van der Waals surface area contributed by atoms with E-state index in [0.717, 1.165) is 25.8 Å². The van der Waals surface area contributed by atoms with Crippen molar-refractivity contribution < 1.29 is 9.53 Å². The van der Waals surface area contributed by atoms with Gasteiger partial charge in [-0.25, -0.2) is 0 Å². The van der Waals surface area contributed by atoms with Crippen molar-refractivity contribution in [1.29, 1.82) is 0 Å². The third-order valence-electron chi connectivity index (χ3n) is 4.37. The topological polar surface area (TPSA) is 29.5 Å². The van der Waals surface area contributed by atoms with Gasteiger partial charge in [-0.3, -0.25) is 9.69 Å². The second-order valence-electron chi connectivity index (χ2n) is 6.45. The van der Waals surface area contributed by atoms with Gasteiger partial charge in [-0.15, -0.1) is 0 Å². The first-order valence-electron chi connectivity index (χ1n) is 9.01. The summed E-state index contributed by atoms with van der Waals surface area (Å²) in [7, 11) is 0. The summed E-state index contributed by atoms with van der Waals surface area (Å²) in [4.78, 5) is 15.1. The number of rotatable bonds is 5. The van der Waals surface area contributed by atoms with Crippen LogP contribution in [0, 0.1) is 0 Å². The molecule has 1 aliphatic heterocycles. The number of benzene rings is 3. The van der Waals surface area contributed by atoms with Crippen molar-refractivity contribution in [2.45, 2.75) is 6.61 Å². The van der Waals surface area contributed by atoms with E-state index in [1.165, 1.54) is 11.8 Å². The van der Waals surface area contributed by atoms with E-state index in [1.54, 1.807) is 4.90 Å². The van der Waals surface area contributed by atoms with E-state index < -0.39 is 0 Å². The molecule has 4 rings (SSSR count). The molecule has 1 amide bonds. The van der Waals surface area contributed by atoms with Crippen molar-refractivity contribution in [2.24, 2.45) is 0 Å². The lowest BCUT2D eigenvalue weighted by atomic mass is 10.1. The highest BCUT2D eigenvalue weighted by Crippen LogP contribution is 2.37. The average Bonchev–Trinajstić information content (AvgIpc) is 3.02. The van der Waals surface area contributed by atoms with Crippen LogP contribution in [0.15, 0.2) is 86.6 Å². The number of nitrogens with zero attached hydrogens (tertiary/aromatic N) is 1. The van der Waals surface area contributed by atoms with E-state index in [4.69, 9.17) is 17.0 Å². The van der Waals surface area contributed by atoms with Crippen molar-refractivity contribution in [3.8, 4) is 5.75 Å². The van der Waals surface area contributed by atoms with E-state index in [2.05, 4.69) is 31.9 Å². The van der Waals surface area contributed by atoms with Crippen LogP contribution in [0.3, 0.4) is 0 Å². The first-order valence-corrected chi connectivity index (χ1v) is 11.8. The number of thiocarbonyl (C=S) groups is 1. The molecular weight excluding hydrogens is 546 g/mol. The van der Waals surface area contributed by atoms with Crippen LogP contribution in [0.5, 0.6) is 5.75 Å². The second kappa shape index (κ2) is 9.47. The van der Waals surface area contributed by atoms with Gasteiger partial charge in [-0.05, 0) is 54.1 Å². The minimum Gasteiger partial charge on any atom is -0.488 e. The maximum absolute atomic E-state index is 13.0. The zero-order chi connectivity index (χ0) is 21.1. The third-order valence-corrected chi connectivity index (χ3v) is 6.70. The number of hydrogen-bond donors (Lipinski definition) is 0. The Morgan fingerprint density at radius 1 is 0.967 bits per heavy atom. The summed E-state index contributed by atoms with van der Waals surface area (Å²) in [6.07, 6.45) is 1.84. The summed E-state index contributed by atoms with van der Waals surface area (Å²) in [6, 6.07) is 23.2. The van der Waals surface area contributed by atoms with Gasteiger partial charge in [-0.2, -0.15) is 0 Å². The number of anilines is 1. The van der Waals surface area contributed by atoms with Crippen LogP contribution in [-0.2, 0) is 11.4 Å². The minimum absolute atomic E-state index is 0.130. The van der Waals surface area contributed by atoms with Crippen LogP contribution in [0.25, 0.3) is 6.08 Å². The Hall–Kier alpha value is -1.93. The van der Waals surface area contributed by atoms with Gasteiger partial charge in [0, 0.05) is 14.5 Å². The van der Waals surface area contributed by atoms with E-state index in [1.807, 2.05) is 78.9 Å². The lowest BCUT2D eigenvalue weighted by Crippen LogP contribution is -2.27. The van der Waals surface area contributed by atoms with Crippen molar-refractivity contribution in [2.75, 3.05) is 4.90 Å². The predicted molar refractivity (Wildman–Crippen MR) is 135 cm³/mol. The van der Waals surface area contributed by atoms with Crippen LogP contribution >= 0.6 is 55.8 Å². The van der Waals surface area contributed by atoms with Gasteiger partial charge in [0.1, 0.15) is 12.4 Å². The fraction of sp³-hybridized carbons (Fsp3) is 0.0435. The quantitative estimate of drug-likeness (QED) is 0.244. The summed E-state index contributed by atoms with van der Waals surface area (Å²) in [6.45, 7) is 0.431. The Morgan fingerprint density at radius 2 is 1.67 bits per heavy atom. The summed E-state index contributed by atoms with van der Waals surface area (Å²) in [5, 5.41) is 0. The highest BCUT2D eigenvalue weighted by Gasteiger charge is 2.33. The van der Waals surface area contributed by atoms with E-state index >= 15 is 0 Å². The predicted octanol–water partition coefficient (Wildman–Crippen LogP) is 7.20. The Kier molecular flexibility index (Phi) is 6.73. The van der Waals surface area contributed by atoms with Crippen LogP contribution in [0.1, 0.15) is 11.1 Å². The molecule has 0 atom stereocenters. The van der Waals surface area contributed by atoms with E-state index in [0.29, 0.717) is 21.6 Å². The number of para-hydroxylation sites is 1. The fourth-order valence-electron chi connectivity index (χ4n) is 2.91. The maximum atomic E-state index is 13.0. The number of amides is 1. The molecule has 0 radical (unpaired) electrons. The van der Waals surface area contributed by atoms with Crippen molar-refractivity contribution >= 4 is 77.8 Å². The molecule has 3 aromatic rings. The summed E-state index contributed by atoms with van der Waals surface area (Å²) >= 11 is 13.7. The molecule has 150 valence electrons. The zero-order valence-electron chi connectivity index (χ0n) is 15.5. The lowest BCUT2D eigenvalue weighted by Gasteiger charge is -2.14. The largest absolute Gasteiger partial charge is 0.488 e. The lowest BCUT2D eigenvalue weighted by molar-refractivity contribution is -0.113. The van der Waals surface area contributed by atoms with Gasteiger partial charge in [0.25, 0.3) is 5.91 Å². The normalized spacial score (nSPS) is 15.1. The molecule has 0 bridgehead atoms. The maximum Gasteiger partial charge on any atom is 0.270 e. The summed E-state index contributed by atoms with van der Waals surface area (Å²) in [5.41, 5.74) is 2.64.